The molecule has 6 heteroatoms. The standard InChI is InChI=1S/C6H14N2O4/c9-7(10)5-3-1-2-4-6(5)8(11)12/h5-9,11H,1-4H2. The van der Waals surface area contributed by atoms with E-state index in [0.717, 1.165) is 12.8 Å². The summed E-state index contributed by atoms with van der Waals surface area (Å²) < 4.78 is 0. The summed E-state index contributed by atoms with van der Waals surface area (Å²) in [5, 5.41) is 36.7. The summed E-state index contributed by atoms with van der Waals surface area (Å²) >= 11 is 0. The van der Waals surface area contributed by atoms with E-state index in [4.69, 9.17) is 10.4 Å². The van der Waals surface area contributed by atoms with Crippen molar-refractivity contribution >= 4 is 0 Å². The summed E-state index contributed by atoms with van der Waals surface area (Å²) in [7, 11) is 0. The Morgan fingerprint density at radius 1 is 0.917 bits per heavy atom. The lowest BCUT2D eigenvalue weighted by molar-refractivity contribution is -1.13. The first-order valence-electron chi connectivity index (χ1n) is 4.08. The molecule has 0 aromatic rings. The van der Waals surface area contributed by atoms with Crippen LogP contribution in [-0.2, 0) is 0 Å². The molecule has 4 N–H and O–H groups in total. The summed E-state index contributed by atoms with van der Waals surface area (Å²) in [6.07, 6.45) is 2.68. The van der Waals surface area contributed by atoms with Crippen molar-refractivity contribution in [1.29, 1.82) is 0 Å². The maximum atomic E-state index is 10.6. The van der Waals surface area contributed by atoms with Crippen molar-refractivity contribution in [2.45, 2.75) is 37.8 Å². The van der Waals surface area contributed by atoms with Gasteiger partial charge in [0.15, 0.2) is 12.1 Å². The smallest absolute Gasteiger partial charge is 0.172 e. The molecule has 4 atom stereocenters. The van der Waals surface area contributed by atoms with Gasteiger partial charge in [-0.1, -0.05) is 0 Å². The van der Waals surface area contributed by atoms with Gasteiger partial charge in [-0.05, 0) is 12.8 Å². The number of quaternary nitrogens is 2. The highest BCUT2D eigenvalue weighted by Crippen LogP contribution is 2.14. The summed E-state index contributed by atoms with van der Waals surface area (Å²) in [6.45, 7) is 0. The molecular weight excluding hydrogens is 164 g/mol. The summed E-state index contributed by atoms with van der Waals surface area (Å²) in [6, 6.07) is -1.34. The van der Waals surface area contributed by atoms with Crippen LogP contribution in [0.25, 0.3) is 0 Å². The zero-order valence-corrected chi connectivity index (χ0v) is 6.69. The lowest BCUT2D eigenvalue weighted by Gasteiger charge is -2.36. The Hall–Kier alpha value is -0.240. The molecule has 0 heterocycles. The molecule has 0 amide bonds. The Balaban J connectivity index is 2.54. The average Bonchev–Trinajstić information content (AvgIpc) is 2.04. The third-order valence-electron chi connectivity index (χ3n) is 2.40. The fourth-order valence-corrected chi connectivity index (χ4v) is 1.72. The van der Waals surface area contributed by atoms with E-state index in [1.54, 1.807) is 0 Å². The molecule has 0 aromatic carbocycles. The Kier molecular flexibility index (Phi) is 3.39. The van der Waals surface area contributed by atoms with Crippen LogP contribution in [-0.4, -0.2) is 22.5 Å². The van der Waals surface area contributed by atoms with Gasteiger partial charge in [0, 0.05) is 12.8 Å². The van der Waals surface area contributed by atoms with Crippen molar-refractivity contribution in [1.82, 2.24) is 0 Å². The van der Waals surface area contributed by atoms with Gasteiger partial charge >= 0.3 is 0 Å². The van der Waals surface area contributed by atoms with Gasteiger partial charge in [0.05, 0.1) is 0 Å². The van der Waals surface area contributed by atoms with E-state index in [9.17, 15) is 10.4 Å². The minimum Gasteiger partial charge on any atom is -0.600 e. The molecule has 0 saturated heterocycles. The fraction of sp³-hybridized carbons (Fsp3) is 1.00. The van der Waals surface area contributed by atoms with Crippen LogP contribution in [0.15, 0.2) is 0 Å². The average molecular weight is 178 g/mol. The summed E-state index contributed by atoms with van der Waals surface area (Å²) in [4.78, 5) is 0. The first-order valence-corrected chi connectivity index (χ1v) is 4.08. The first-order chi connectivity index (χ1) is 5.63. The number of hydrogen-bond donors (Lipinski definition) is 4. The van der Waals surface area contributed by atoms with Gasteiger partial charge in [0.2, 0.25) is 0 Å². The zero-order chi connectivity index (χ0) is 9.14. The molecule has 72 valence electrons. The zero-order valence-electron chi connectivity index (χ0n) is 6.69. The number of nitrogens with one attached hydrogen (secondary N) is 2. The van der Waals surface area contributed by atoms with Crippen LogP contribution in [0.4, 0.5) is 0 Å². The molecule has 1 rings (SSSR count). The van der Waals surface area contributed by atoms with Gasteiger partial charge in [-0.25, -0.2) is 20.9 Å². The Morgan fingerprint density at radius 3 is 1.50 bits per heavy atom. The number of rotatable bonds is 2. The second-order valence-electron chi connectivity index (χ2n) is 3.17. The second-order valence-corrected chi connectivity index (χ2v) is 3.17. The summed E-state index contributed by atoms with van der Waals surface area (Å²) in [5.41, 5.74) is 0. The predicted octanol–water partition coefficient (Wildman–Crippen LogP) is -2.16. The Labute approximate surface area is 70.1 Å². The molecule has 0 aromatic heterocycles. The van der Waals surface area contributed by atoms with E-state index >= 15 is 0 Å². The van der Waals surface area contributed by atoms with Crippen molar-refractivity contribution in [2.24, 2.45) is 0 Å². The highest BCUT2D eigenvalue weighted by atomic mass is 16.8. The molecule has 0 spiro atoms. The van der Waals surface area contributed by atoms with Crippen molar-refractivity contribution in [3.63, 3.8) is 0 Å². The van der Waals surface area contributed by atoms with Crippen molar-refractivity contribution in [3.8, 4) is 0 Å². The molecule has 6 nitrogen and oxygen atoms in total. The minimum absolute atomic E-state index is 0.506. The van der Waals surface area contributed by atoms with E-state index in [1.165, 1.54) is 0 Å². The van der Waals surface area contributed by atoms with Crippen molar-refractivity contribution in [3.05, 3.63) is 10.4 Å². The molecule has 1 aliphatic carbocycles. The topological polar surface area (TPSA) is 95.5 Å². The quantitative estimate of drug-likeness (QED) is 0.362. The number of hydrogen-bond acceptors (Lipinski definition) is 4. The Bertz CT molecular complexity index is 126. The molecule has 1 fully saturated rings. The van der Waals surface area contributed by atoms with Crippen LogP contribution >= 0.6 is 0 Å². The molecule has 1 saturated carbocycles. The van der Waals surface area contributed by atoms with Crippen LogP contribution in [0.5, 0.6) is 0 Å². The lowest BCUT2D eigenvalue weighted by atomic mass is 9.91. The van der Waals surface area contributed by atoms with E-state index in [-0.39, 0.29) is 0 Å². The third-order valence-corrected chi connectivity index (χ3v) is 2.40. The van der Waals surface area contributed by atoms with E-state index in [1.807, 2.05) is 0 Å². The van der Waals surface area contributed by atoms with Crippen LogP contribution < -0.4 is 10.5 Å². The second kappa shape index (κ2) is 4.13. The highest BCUT2D eigenvalue weighted by Gasteiger charge is 2.35. The summed E-state index contributed by atoms with van der Waals surface area (Å²) in [5.74, 6) is 0. The van der Waals surface area contributed by atoms with Crippen LogP contribution in [0.1, 0.15) is 25.7 Å². The van der Waals surface area contributed by atoms with E-state index in [0.29, 0.717) is 12.8 Å². The van der Waals surface area contributed by atoms with Crippen LogP contribution in [0.2, 0.25) is 0 Å². The fourth-order valence-electron chi connectivity index (χ4n) is 1.72. The molecule has 12 heavy (non-hydrogen) atoms. The molecule has 0 bridgehead atoms. The van der Waals surface area contributed by atoms with Crippen LogP contribution in [0, 0.1) is 10.4 Å². The largest absolute Gasteiger partial charge is 0.600 e. The highest BCUT2D eigenvalue weighted by molar-refractivity contribution is 4.72. The minimum atomic E-state index is -0.970. The van der Waals surface area contributed by atoms with E-state index < -0.39 is 22.5 Å². The van der Waals surface area contributed by atoms with Gasteiger partial charge < -0.3 is 10.4 Å². The number of hydroxylamine groups is 4. The third kappa shape index (κ3) is 2.13. The van der Waals surface area contributed by atoms with Crippen molar-refractivity contribution in [2.75, 3.05) is 0 Å². The maximum absolute atomic E-state index is 10.6. The van der Waals surface area contributed by atoms with Gasteiger partial charge in [0.25, 0.3) is 0 Å². The molecule has 0 aliphatic heterocycles. The molecule has 4 unspecified atom stereocenters. The van der Waals surface area contributed by atoms with Crippen LogP contribution in [0.3, 0.4) is 0 Å². The van der Waals surface area contributed by atoms with Crippen molar-refractivity contribution < 1.29 is 20.9 Å². The van der Waals surface area contributed by atoms with Gasteiger partial charge in [-0.2, -0.15) is 0 Å². The SMILES string of the molecule is [O-][NH+](O)C1CCCCC1[NH+]([O-])O. The molecule has 1 aliphatic rings. The predicted molar refractivity (Wildman–Crippen MR) is 38.3 cm³/mol. The first kappa shape index (κ1) is 9.85. The lowest BCUT2D eigenvalue weighted by Crippen LogP contribution is -3.20. The normalized spacial score (nSPS) is 36.0. The van der Waals surface area contributed by atoms with Gasteiger partial charge in [0.1, 0.15) is 0 Å². The van der Waals surface area contributed by atoms with Gasteiger partial charge in [-0.3, -0.25) is 0 Å². The monoisotopic (exact) mass is 178 g/mol. The van der Waals surface area contributed by atoms with Gasteiger partial charge in [-0.15, -0.1) is 0 Å². The maximum Gasteiger partial charge on any atom is 0.172 e. The van der Waals surface area contributed by atoms with E-state index in [2.05, 4.69) is 0 Å². The Morgan fingerprint density at radius 2 is 1.25 bits per heavy atom. The molecular formula is C6H14N2O4. The molecule has 0 radical (unpaired) electrons.